The summed E-state index contributed by atoms with van der Waals surface area (Å²) in [5.41, 5.74) is 6.65. The van der Waals surface area contributed by atoms with Gasteiger partial charge in [0.05, 0.1) is 0 Å². The molecule has 2 N–H and O–H groups in total. The van der Waals surface area contributed by atoms with Gasteiger partial charge in [-0.25, -0.2) is 0 Å². The lowest BCUT2D eigenvalue weighted by Gasteiger charge is -2.29. The van der Waals surface area contributed by atoms with E-state index in [4.69, 9.17) is 0 Å². The summed E-state index contributed by atoms with van der Waals surface area (Å²) in [6.07, 6.45) is 6.36. The van der Waals surface area contributed by atoms with Crippen LogP contribution in [0.15, 0.2) is 78.9 Å². The van der Waals surface area contributed by atoms with E-state index in [1.807, 2.05) is 94.4 Å². The standard InChI is InChI=1S/C49H64N6O4/c1-8-15-35-16-18-36(19-17-35)46(56)54(24-13-6)44-30-39-31-45(34-44)55(25-14-7)48(58)38-27-41(51-21-10-3)32-42(29-38)52(22-11-4)47(57)37-26-40(50-20-9-2)33-43(28-37)53(23-12-5)49(39)59/h16-19,26-34,50-51H,8-15,20-25H2,1-7H3. The van der Waals surface area contributed by atoms with Gasteiger partial charge in [-0.15, -0.1) is 0 Å². The van der Waals surface area contributed by atoms with Crippen LogP contribution in [0, 0.1) is 0 Å². The number of aryl methyl sites for hydroxylation is 1. The predicted molar refractivity (Wildman–Crippen MR) is 245 cm³/mol. The van der Waals surface area contributed by atoms with Crippen molar-refractivity contribution in [2.45, 2.75) is 99.8 Å². The Balaban J connectivity index is 1.82. The van der Waals surface area contributed by atoms with E-state index in [1.165, 1.54) is 5.56 Å². The summed E-state index contributed by atoms with van der Waals surface area (Å²) >= 11 is 0. The van der Waals surface area contributed by atoms with Crippen molar-refractivity contribution in [1.29, 1.82) is 0 Å². The van der Waals surface area contributed by atoms with Gasteiger partial charge >= 0.3 is 0 Å². The lowest BCUT2D eigenvalue weighted by molar-refractivity contribution is 0.0974. The number of amides is 4. The summed E-state index contributed by atoms with van der Waals surface area (Å²) in [5.74, 6) is -0.949. The van der Waals surface area contributed by atoms with Crippen molar-refractivity contribution in [2.24, 2.45) is 0 Å². The molecule has 1 aliphatic heterocycles. The van der Waals surface area contributed by atoms with Crippen LogP contribution in [0.25, 0.3) is 0 Å². The van der Waals surface area contributed by atoms with E-state index in [-0.39, 0.29) is 23.6 Å². The number of anilines is 6. The highest BCUT2D eigenvalue weighted by Crippen LogP contribution is 2.34. The second kappa shape index (κ2) is 21.4. The predicted octanol–water partition coefficient (Wildman–Crippen LogP) is 10.8. The first-order valence-corrected chi connectivity index (χ1v) is 21.9. The van der Waals surface area contributed by atoms with Gasteiger partial charge in [0, 0.05) is 95.6 Å². The van der Waals surface area contributed by atoms with E-state index in [1.54, 1.807) is 31.7 Å². The van der Waals surface area contributed by atoms with Crippen molar-refractivity contribution in [3.05, 3.63) is 107 Å². The molecule has 59 heavy (non-hydrogen) atoms. The van der Waals surface area contributed by atoms with E-state index in [2.05, 4.69) is 31.4 Å². The van der Waals surface area contributed by atoms with Crippen LogP contribution < -0.4 is 30.2 Å². The van der Waals surface area contributed by atoms with Gasteiger partial charge in [-0.1, -0.05) is 67.0 Å². The molecule has 0 saturated carbocycles. The van der Waals surface area contributed by atoms with Gasteiger partial charge in [-0.3, -0.25) is 19.2 Å². The molecule has 0 unspecified atom stereocenters. The molecule has 314 valence electrons. The van der Waals surface area contributed by atoms with E-state index in [0.717, 1.165) is 37.1 Å². The molecule has 0 atom stereocenters. The molecule has 0 spiro atoms. The average Bonchev–Trinajstić information content (AvgIpc) is 3.25. The van der Waals surface area contributed by atoms with Crippen molar-refractivity contribution in [3.8, 4) is 0 Å². The maximum absolute atomic E-state index is 15.1. The zero-order valence-corrected chi connectivity index (χ0v) is 36.3. The Morgan fingerprint density at radius 2 is 0.949 bits per heavy atom. The topological polar surface area (TPSA) is 105 Å². The van der Waals surface area contributed by atoms with Gasteiger partial charge in [-0.05, 0) is 117 Å². The molecule has 0 aliphatic carbocycles. The van der Waals surface area contributed by atoms with Gasteiger partial charge in [0.2, 0.25) is 0 Å². The van der Waals surface area contributed by atoms with E-state index < -0.39 is 0 Å². The van der Waals surface area contributed by atoms with Crippen molar-refractivity contribution < 1.29 is 19.2 Å². The summed E-state index contributed by atoms with van der Waals surface area (Å²) in [4.78, 5) is 66.3. The number of carbonyl (C=O) groups is 4. The Kier molecular flexibility index (Phi) is 16.1. The molecule has 4 aromatic carbocycles. The van der Waals surface area contributed by atoms with E-state index in [0.29, 0.717) is 110 Å². The van der Waals surface area contributed by atoms with Crippen LogP contribution in [0.3, 0.4) is 0 Å². The summed E-state index contributed by atoms with van der Waals surface area (Å²) in [6.45, 7) is 17.3. The molecule has 0 radical (unpaired) electrons. The van der Waals surface area contributed by atoms with Gasteiger partial charge < -0.3 is 30.2 Å². The minimum absolute atomic E-state index is 0.177. The van der Waals surface area contributed by atoms with Crippen LogP contribution in [-0.4, -0.2) is 62.9 Å². The summed E-state index contributed by atoms with van der Waals surface area (Å²) in [5, 5.41) is 6.93. The molecule has 10 nitrogen and oxygen atoms in total. The van der Waals surface area contributed by atoms with Gasteiger partial charge in [0.1, 0.15) is 0 Å². The lowest BCUT2D eigenvalue weighted by Crippen LogP contribution is -2.35. The Morgan fingerprint density at radius 3 is 1.36 bits per heavy atom. The zero-order chi connectivity index (χ0) is 42.5. The van der Waals surface area contributed by atoms with Crippen LogP contribution in [0.5, 0.6) is 0 Å². The third-order valence-corrected chi connectivity index (χ3v) is 10.4. The highest BCUT2D eigenvalue weighted by Gasteiger charge is 2.29. The van der Waals surface area contributed by atoms with E-state index >= 15 is 9.59 Å². The summed E-state index contributed by atoms with van der Waals surface area (Å²) < 4.78 is 0. The first-order chi connectivity index (χ1) is 28.6. The third-order valence-electron chi connectivity index (χ3n) is 10.4. The minimum atomic E-state index is -0.287. The quantitative estimate of drug-likeness (QED) is 0.104. The molecule has 5 rings (SSSR count). The molecule has 0 aromatic heterocycles. The normalized spacial score (nSPS) is 13.0. The summed E-state index contributed by atoms with van der Waals surface area (Å²) in [6, 6.07) is 24.4. The molecule has 10 heteroatoms. The second-order valence-electron chi connectivity index (χ2n) is 15.4. The monoisotopic (exact) mass is 800 g/mol. The van der Waals surface area contributed by atoms with Crippen LogP contribution in [0.4, 0.5) is 34.1 Å². The van der Waals surface area contributed by atoms with Crippen molar-refractivity contribution in [3.63, 3.8) is 0 Å². The molecule has 1 heterocycles. The number of benzene rings is 4. The Hall–Kier alpha value is -5.64. The molecule has 4 amide bonds. The van der Waals surface area contributed by atoms with Crippen LogP contribution in [-0.2, 0) is 6.42 Å². The van der Waals surface area contributed by atoms with Gasteiger partial charge in [0.25, 0.3) is 23.6 Å². The maximum Gasteiger partial charge on any atom is 0.258 e. The van der Waals surface area contributed by atoms with Crippen LogP contribution in [0.1, 0.15) is 140 Å². The van der Waals surface area contributed by atoms with Crippen molar-refractivity contribution in [2.75, 3.05) is 69.5 Å². The maximum atomic E-state index is 15.1. The lowest BCUT2D eigenvalue weighted by atomic mass is 10.0. The van der Waals surface area contributed by atoms with Crippen molar-refractivity contribution in [1.82, 2.24) is 0 Å². The fourth-order valence-corrected chi connectivity index (χ4v) is 7.57. The van der Waals surface area contributed by atoms with E-state index in [9.17, 15) is 9.59 Å². The number of nitrogens with one attached hydrogen (secondary N) is 2. The largest absolute Gasteiger partial charge is 0.385 e. The number of hydrogen-bond acceptors (Lipinski definition) is 6. The Bertz CT molecular complexity index is 2070. The Morgan fingerprint density at radius 1 is 0.508 bits per heavy atom. The fourth-order valence-electron chi connectivity index (χ4n) is 7.57. The minimum Gasteiger partial charge on any atom is -0.385 e. The first-order valence-electron chi connectivity index (χ1n) is 21.9. The number of nitrogens with zero attached hydrogens (tertiary/aromatic N) is 4. The van der Waals surface area contributed by atoms with Crippen LogP contribution in [0.2, 0.25) is 0 Å². The van der Waals surface area contributed by atoms with Gasteiger partial charge in [-0.2, -0.15) is 0 Å². The number of carbonyl (C=O) groups excluding carboxylic acids is 4. The molecule has 1 aliphatic rings. The highest BCUT2D eigenvalue weighted by molar-refractivity contribution is 6.14. The molecular weight excluding hydrogens is 737 g/mol. The number of fused-ring (bicyclic) bond motifs is 6. The summed E-state index contributed by atoms with van der Waals surface area (Å²) in [7, 11) is 0. The zero-order valence-electron chi connectivity index (χ0n) is 36.3. The Labute approximate surface area is 352 Å². The highest BCUT2D eigenvalue weighted by atomic mass is 16.2. The van der Waals surface area contributed by atoms with Crippen molar-refractivity contribution >= 4 is 57.8 Å². The second-order valence-corrected chi connectivity index (χ2v) is 15.4. The third kappa shape index (κ3) is 10.7. The molecule has 0 fully saturated rings. The smallest absolute Gasteiger partial charge is 0.258 e. The molecule has 0 saturated heterocycles. The number of rotatable bonds is 18. The SMILES string of the molecule is CCCNc1cc2cc(c1)N(CCC)C(=O)c1cc(NCCC)cc(c1)N(CCC)C(=O)c1cc(N(CCC)C(=O)c3ccc(CCC)cc3)cc(c1)N(CCC)C2=O. The first kappa shape index (κ1) is 44.5. The fraction of sp³-hybridized carbons (Fsp3) is 0.429. The number of hydrogen-bond donors (Lipinski definition) is 2. The van der Waals surface area contributed by atoms with Gasteiger partial charge in [0.15, 0.2) is 0 Å². The molecule has 4 aromatic rings. The molecule has 6 bridgehead atoms. The average molecular weight is 801 g/mol. The van der Waals surface area contributed by atoms with Crippen LogP contribution >= 0.6 is 0 Å². The molecular formula is C49H64N6O4.